The Morgan fingerprint density at radius 3 is 2.47 bits per heavy atom. The molecule has 92 valence electrons. The van der Waals surface area contributed by atoms with Gasteiger partial charge in [0.1, 0.15) is 0 Å². The monoisotopic (exact) mass is 216 g/mol. The quantitative estimate of drug-likeness (QED) is 0.624. The van der Waals surface area contributed by atoms with Crippen molar-refractivity contribution in [2.45, 2.75) is 33.2 Å². The number of ether oxygens (including phenoxy) is 1. The lowest BCUT2D eigenvalue weighted by Gasteiger charge is -2.35. The van der Waals surface area contributed by atoms with Crippen molar-refractivity contribution in [2.24, 2.45) is 5.41 Å². The Morgan fingerprint density at radius 2 is 2.00 bits per heavy atom. The van der Waals surface area contributed by atoms with E-state index in [-0.39, 0.29) is 0 Å². The number of nitrogens with one attached hydrogen (secondary N) is 1. The number of rotatable bonds is 8. The van der Waals surface area contributed by atoms with Crippen LogP contribution in [-0.4, -0.2) is 51.8 Å². The normalized spacial score (nSPS) is 14.6. The van der Waals surface area contributed by atoms with Crippen molar-refractivity contribution in [3.63, 3.8) is 0 Å². The molecule has 0 aliphatic heterocycles. The highest BCUT2D eigenvalue weighted by molar-refractivity contribution is 4.82. The van der Waals surface area contributed by atoms with Crippen LogP contribution in [0.2, 0.25) is 0 Å². The van der Waals surface area contributed by atoms with E-state index in [0.29, 0.717) is 11.5 Å². The van der Waals surface area contributed by atoms with E-state index in [4.69, 9.17) is 4.74 Å². The van der Waals surface area contributed by atoms with Crippen LogP contribution in [0.4, 0.5) is 0 Å². The SMILES string of the molecule is CNC(C)C(C)(C)CN(C)CCCOC. The maximum Gasteiger partial charge on any atom is 0.0474 e. The second-order valence-electron chi connectivity index (χ2n) is 5.08. The van der Waals surface area contributed by atoms with Crippen molar-refractivity contribution in [3.8, 4) is 0 Å². The largest absolute Gasteiger partial charge is 0.385 e. The van der Waals surface area contributed by atoms with Gasteiger partial charge in [0.15, 0.2) is 0 Å². The van der Waals surface area contributed by atoms with Crippen molar-refractivity contribution < 1.29 is 4.74 Å². The molecule has 0 bridgehead atoms. The van der Waals surface area contributed by atoms with Gasteiger partial charge < -0.3 is 15.0 Å². The maximum atomic E-state index is 5.05. The van der Waals surface area contributed by atoms with E-state index in [1.54, 1.807) is 7.11 Å². The van der Waals surface area contributed by atoms with Gasteiger partial charge in [0.25, 0.3) is 0 Å². The first kappa shape index (κ1) is 14.9. The molecule has 0 aliphatic rings. The summed E-state index contributed by atoms with van der Waals surface area (Å²) in [6, 6.07) is 0.530. The number of hydrogen-bond donors (Lipinski definition) is 1. The van der Waals surface area contributed by atoms with Crippen molar-refractivity contribution in [1.29, 1.82) is 0 Å². The number of nitrogens with zero attached hydrogens (tertiary/aromatic N) is 1. The minimum Gasteiger partial charge on any atom is -0.385 e. The first-order valence-electron chi connectivity index (χ1n) is 5.78. The van der Waals surface area contributed by atoms with Crippen molar-refractivity contribution in [2.75, 3.05) is 40.9 Å². The fourth-order valence-corrected chi connectivity index (χ4v) is 1.78. The van der Waals surface area contributed by atoms with E-state index in [1.165, 1.54) is 0 Å². The maximum absolute atomic E-state index is 5.05. The van der Waals surface area contributed by atoms with E-state index in [1.807, 2.05) is 7.05 Å². The Hall–Kier alpha value is -0.120. The Bertz CT molecular complexity index is 160. The van der Waals surface area contributed by atoms with Crippen LogP contribution >= 0.6 is 0 Å². The topological polar surface area (TPSA) is 24.5 Å². The van der Waals surface area contributed by atoms with Crippen molar-refractivity contribution in [3.05, 3.63) is 0 Å². The predicted octanol–water partition coefficient (Wildman–Crippen LogP) is 1.59. The third-order valence-electron chi connectivity index (χ3n) is 3.17. The van der Waals surface area contributed by atoms with Crippen LogP contribution < -0.4 is 5.32 Å². The highest BCUT2D eigenvalue weighted by Gasteiger charge is 2.25. The summed E-state index contributed by atoms with van der Waals surface area (Å²) in [4.78, 5) is 2.38. The average molecular weight is 216 g/mol. The van der Waals surface area contributed by atoms with Gasteiger partial charge in [-0.15, -0.1) is 0 Å². The smallest absolute Gasteiger partial charge is 0.0474 e. The molecule has 0 spiro atoms. The van der Waals surface area contributed by atoms with Crippen molar-refractivity contribution in [1.82, 2.24) is 10.2 Å². The third-order valence-corrected chi connectivity index (χ3v) is 3.17. The molecule has 1 N–H and O–H groups in total. The van der Waals surface area contributed by atoms with Gasteiger partial charge in [-0.1, -0.05) is 13.8 Å². The molecule has 3 nitrogen and oxygen atoms in total. The zero-order valence-corrected chi connectivity index (χ0v) is 11.3. The summed E-state index contributed by atoms with van der Waals surface area (Å²) in [6.45, 7) is 9.92. The van der Waals surface area contributed by atoms with Crippen LogP contribution in [0.25, 0.3) is 0 Å². The van der Waals surface area contributed by atoms with E-state index in [2.05, 4.69) is 38.0 Å². The fourth-order valence-electron chi connectivity index (χ4n) is 1.78. The second-order valence-corrected chi connectivity index (χ2v) is 5.08. The summed E-state index contributed by atoms with van der Waals surface area (Å²) in [6.07, 6.45) is 1.11. The Morgan fingerprint density at radius 1 is 1.40 bits per heavy atom. The lowest BCUT2D eigenvalue weighted by molar-refractivity contribution is 0.144. The second kappa shape index (κ2) is 7.20. The molecule has 0 heterocycles. The minimum absolute atomic E-state index is 0.302. The molecule has 0 radical (unpaired) electrons. The first-order valence-corrected chi connectivity index (χ1v) is 5.78. The molecule has 3 heteroatoms. The van der Waals surface area contributed by atoms with Crippen LogP contribution in [0.1, 0.15) is 27.2 Å². The summed E-state index contributed by atoms with van der Waals surface area (Å²) in [5.41, 5.74) is 0.302. The predicted molar refractivity (Wildman–Crippen MR) is 66.3 cm³/mol. The molecule has 0 aromatic heterocycles. The van der Waals surface area contributed by atoms with Crippen LogP contribution in [0.3, 0.4) is 0 Å². The van der Waals surface area contributed by atoms with Crippen LogP contribution in [0, 0.1) is 5.41 Å². The van der Waals surface area contributed by atoms with E-state index in [0.717, 1.165) is 26.1 Å². The molecule has 1 atom stereocenters. The molecule has 0 aliphatic carbocycles. The highest BCUT2D eigenvalue weighted by atomic mass is 16.5. The summed E-state index contributed by atoms with van der Waals surface area (Å²) in [5.74, 6) is 0. The van der Waals surface area contributed by atoms with Gasteiger partial charge >= 0.3 is 0 Å². The molecular weight excluding hydrogens is 188 g/mol. The minimum atomic E-state index is 0.302. The van der Waals surface area contributed by atoms with Gasteiger partial charge in [-0.2, -0.15) is 0 Å². The highest BCUT2D eigenvalue weighted by Crippen LogP contribution is 2.21. The molecule has 0 fully saturated rings. The fraction of sp³-hybridized carbons (Fsp3) is 1.00. The summed E-state index contributed by atoms with van der Waals surface area (Å²) in [7, 11) is 5.96. The number of hydrogen-bond acceptors (Lipinski definition) is 3. The van der Waals surface area contributed by atoms with Crippen LogP contribution in [-0.2, 0) is 4.74 Å². The molecule has 0 saturated heterocycles. The molecule has 0 saturated carbocycles. The van der Waals surface area contributed by atoms with Gasteiger partial charge in [-0.05, 0) is 32.9 Å². The lowest BCUT2D eigenvalue weighted by atomic mass is 9.85. The van der Waals surface area contributed by atoms with Gasteiger partial charge in [-0.3, -0.25) is 0 Å². The third kappa shape index (κ3) is 6.13. The average Bonchev–Trinajstić information content (AvgIpc) is 2.16. The summed E-state index contributed by atoms with van der Waals surface area (Å²) in [5, 5.41) is 3.33. The Labute approximate surface area is 95.2 Å². The van der Waals surface area contributed by atoms with Crippen LogP contribution in [0.15, 0.2) is 0 Å². The number of methoxy groups -OCH3 is 1. The molecule has 0 aromatic rings. The first-order chi connectivity index (χ1) is 6.94. The molecule has 0 rings (SSSR count). The standard InChI is InChI=1S/C12H28N2O/c1-11(13-4)12(2,3)10-14(5)8-7-9-15-6/h11,13H,7-10H2,1-6H3. The van der Waals surface area contributed by atoms with Gasteiger partial charge in [0, 0.05) is 32.8 Å². The van der Waals surface area contributed by atoms with Crippen molar-refractivity contribution >= 4 is 0 Å². The zero-order chi connectivity index (χ0) is 11.9. The van der Waals surface area contributed by atoms with E-state index >= 15 is 0 Å². The summed E-state index contributed by atoms with van der Waals surface area (Å²) >= 11 is 0. The van der Waals surface area contributed by atoms with E-state index in [9.17, 15) is 0 Å². The van der Waals surface area contributed by atoms with Crippen LogP contribution in [0.5, 0.6) is 0 Å². The molecule has 1 unspecified atom stereocenters. The van der Waals surface area contributed by atoms with Gasteiger partial charge in [0.2, 0.25) is 0 Å². The van der Waals surface area contributed by atoms with E-state index < -0.39 is 0 Å². The molecule has 0 amide bonds. The van der Waals surface area contributed by atoms with Gasteiger partial charge in [-0.25, -0.2) is 0 Å². The van der Waals surface area contributed by atoms with Gasteiger partial charge in [0.05, 0.1) is 0 Å². The molecular formula is C12H28N2O. The summed E-state index contributed by atoms with van der Waals surface area (Å²) < 4.78 is 5.05. The Kier molecular flexibility index (Phi) is 7.14. The molecule has 0 aromatic carbocycles. The molecule has 15 heavy (non-hydrogen) atoms. The zero-order valence-electron chi connectivity index (χ0n) is 11.3. The lowest BCUT2D eigenvalue weighted by Crippen LogP contribution is -2.44. The Balaban J connectivity index is 3.87.